The summed E-state index contributed by atoms with van der Waals surface area (Å²) in [6.07, 6.45) is 4.05. The molecular weight excluding hydrogens is 292 g/mol. The lowest BCUT2D eigenvalue weighted by Gasteiger charge is -2.04. The van der Waals surface area contributed by atoms with Gasteiger partial charge in [-0.15, -0.1) is 0 Å². The fraction of sp³-hybridized carbons (Fsp3) is 0.0455. The van der Waals surface area contributed by atoms with Gasteiger partial charge < -0.3 is 4.57 Å². The molecule has 0 bridgehead atoms. The van der Waals surface area contributed by atoms with E-state index in [1.54, 1.807) is 0 Å². The molecule has 3 aromatic carbocycles. The molecule has 2 heteroatoms. The van der Waals surface area contributed by atoms with E-state index >= 15 is 0 Å². The summed E-state index contributed by atoms with van der Waals surface area (Å²) in [6.45, 7) is 2.11. The second-order valence-corrected chi connectivity index (χ2v) is 5.91. The molecule has 0 aliphatic carbocycles. The van der Waals surface area contributed by atoms with Gasteiger partial charge in [0.2, 0.25) is 0 Å². The lowest BCUT2D eigenvalue weighted by Crippen LogP contribution is -1.93. The van der Waals surface area contributed by atoms with Gasteiger partial charge in [-0.1, -0.05) is 48.5 Å². The molecule has 1 heterocycles. The van der Waals surface area contributed by atoms with E-state index in [0.29, 0.717) is 0 Å². The van der Waals surface area contributed by atoms with Crippen molar-refractivity contribution in [1.29, 1.82) is 0 Å². The van der Waals surface area contributed by atoms with Gasteiger partial charge in [0, 0.05) is 29.4 Å². The van der Waals surface area contributed by atoms with Crippen LogP contribution in [0.4, 0.5) is 5.69 Å². The SMILES string of the molecule is Cc1cc(C=Nc2ccc3ccccc3c2)cn1-c1ccccc1. The second-order valence-electron chi connectivity index (χ2n) is 5.91. The zero-order chi connectivity index (χ0) is 16.4. The largest absolute Gasteiger partial charge is 0.321 e. The van der Waals surface area contributed by atoms with Gasteiger partial charge in [-0.05, 0) is 48.0 Å². The van der Waals surface area contributed by atoms with Crippen LogP contribution in [0.25, 0.3) is 16.5 Å². The molecule has 4 rings (SSSR count). The highest BCUT2D eigenvalue weighted by Crippen LogP contribution is 2.21. The van der Waals surface area contributed by atoms with Crippen LogP contribution in [-0.2, 0) is 0 Å². The van der Waals surface area contributed by atoms with Crippen molar-refractivity contribution in [1.82, 2.24) is 4.57 Å². The van der Waals surface area contributed by atoms with Crippen LogP contribution in [-0.4, -0.2) is 10.8 Å². The fourth-order valence-corrected chi connectivity index (χ4v) is 2.94. The third kappa shape index (κ3) is 2.86. The van der Waals surface area contributed by atoms with Crippen molar-refractivity contribution in [2.45, 2.75) is 6.92 Å². The molecule has 0 unspecified atom stereocenters. The molecule has 116 valence electrons. The Morgan fingerprint density at radius 2 is 1.54 bits per heavy atom. The summed E-state index contributed by atoms with van der Waals surface area (Å²) in [5, 5.41) is 2.45. The Morgan fingerprint density at radius 3 is 2.38 bits per heavy atom. The van der Waals surface area contributed by atoms with Crippen LogP contribution in [0.15, 0.2) is 90.1 Å². The number of aromatic nitrogens is 1. The Bertz CT molecular complexity index is 1010. The molecule has 0 aliphatic heterocycles. The summed E-state index contributed by atoms with van der Waals surface area (Å²) in [6, 6.07) is 27.1. The van der Waals surface area contributed by atoms with Gasteiger partial charge in [-0.2, -0.15) is 0 Å². The van der Waals surface area contributed by atoms with Crippen LogP contribution in [0.1, 0.15) is 11.3 Å². The van der Waals surface area contributed by atoms with E-state index in [1.807, 2.05) is 12.3 Å². The van der Waals surface area contributed by atoms with Crippen LogP contribution in [0, 0.1) is 6.92 Å². The number of nitrogens with zero attached hydrogens (tertiary/aromatic N) is 2. The number of aliphatic imine (C=N–C) groups is 1. The fourth-order valence-electron chi connectivity index (χ4n) is 2.94. The van der Waals surface area contributed by atoms with Crippen molar-refractivity contribution in [3.05, 3.63) is 96.3 Å². The number of benzene rings is 3. The maximum Gasteiger partial charge on any atom is 0.0636 e. The average molecular weight is 310 g/mol. The molecule has 2 nitrogen and oxygen atoms in total. The predicted octanol–water partition coefficient (Wildman–Crippen LogP) is 5.69. The Hall–Kier alpha value is -3.13. The number of para-hydroxylation sites is 1. The summed E-state index contributed by atoms with van der Waals surface area (Å²) in [5.74, 6) is 0. The summed E-state index contributed by atoms with van der Waals surface area (Å²) >= 11 is 0. The van der Waals surface area contributed by atoms with Gasteiger partial charge in [0.05, 0.1) is 5.69 Å². The van der Waals surface area contributed by atoms with Crippen LogP contribution in [0.2, 0.25) is 0 Å². The highest BCUT2D eigenvalue weighted by Gasteiger charge is 2.02. The van der Waals surface area contributed by atoms with Gasteiger partial charge in [-0.3, -0.25) is 4.99 Å². The molecule has 0 aliphatic rings. The van der Waals surface area contributed by atoms with E-state index in [1.165, 1.54) is 22.2 Å². The number of aryl methyl sites for hydroxylation is 1. The minimum absolute atomic E-state index is 0.971. The summed E-state index contributed by atoms with van der Waals surface area (Å²) in [5.41, 5.74) is 4.44. The first-order chi connectivity index (χ1) is 11.8. The van der Waals surface area contributed by atoms with Crippen LogP contribution >= 0.6 is 0 Å². The number of hydrogen-bond donors (Lipinski definition) is 0. The first kappa shape index (κ1) is 14.5. The highest BCUT2D eigenvalue weighted by molar-refractivity contribution is 5.87. The normalized spacial score (nSPS) is 11.4. The molecule has 0 fully saturated rings. The molecule has 4 aromatic rings. The van der Waals surface area contributed by atoms with Crippen molar-refractivity contribution in [3.63, 3.8) is 0 Å². The summed E-state index contributed by atoms with van der Waals surface area (Å²) < 4.78 is 2.18. The van der Waals surface area contributed by atoms with Gasteiger partial charge in [0.25, 0.3) is 0 Å². The molecule has 0 amide bonds. The van der Waals surface area contributed by atoms with Crippen LogP contribution in [0.5, 0.6) is 0 Å². The maximum absolute atomic E-state index is 4.64. The van der Waals surface area contributed by atoms with E-state index in [0.717, 1.165) is 11.3 Å². The Kier molecular flexibility index (Phi) is 3.72. The molecule has 0 atom stereocenters. The molecule has 0 spiro atoms. The Balaban J connectivity index is 1.63. The second kappa shape index (κ2) is 6.17. The first-order valence-corrected chi connectivity index (χ1v) is 8.07. The topological polar surface area (TPSA) is 17.3 Å². The lowest BCUT2D eigenvalue weighted by atomic mass is 10.1. The van der Waals surface area contributed by atoms with E-state index < -0.39 is 0 Å². The molecule has 0 saturated heterocycles. The number of hydrogen-bond acceptors (Lipinski definition) is 1. The van der Waals surface area contributed by atoms with Crippen molar-refractivity contribution >= 4 is 22.7 Å². The molecular formula is C22H18N2. The minimum atomic E-state index is 0.971. The van der Waals surface area contributed by atoms with Crippen molar-refractivity contribution < 1.29 is 0 Å². The zero-order valence-electron chi connectivity index (χ0n) is 13.6. The Morgan fingerprint density at radius 1 is 0.792 bits per heavy atom. The molecule has 24 heavy (non-hydrogen) atoms. The number of rotatable bonds is 3. The smallest absolute Gasteiger partial charge is 0.0636 e. The van der Waals surface area contributed by atoms with Gasteiger partial charge in [0.1, 0.15) is 0 Å². The molecule has 1 aromatic heterocycles. The zero-order valence-corrected chi connectivity index (χ0v) is 13.6. The Labute approximate surface area is 141 Å². The van der Waals surface area contributed by atoms with E-state index in [-0.39, 0.29) is 0 Å². The van der Waals surface area contributed by atoms with Crippen molar-refractivity contribution in [3.8, 4) is 5.69 Å². The van der Waals surface area contributed by atoms with E-state index in [9.17, 15) is 0 Å². The van der Waals surface area contributed by atoms with Crippen molar-refractivity contribution in [2.24, 2.45) is 4.99 Å². The van der Waals surface area contributed by atoms with E-state index in [4.69, 9.17) is 0 Å². The average Bonchev–Trinajstić information content (AvgIpc) is 3.01. The van der Waals surface area contributed by atoms with Gasteiger partial charge >= 0.3 is 0 Å². The molecule has 0 saturated carbocycles. The molecule has 0 radical (unpaired) electrons. The maximum atomic E-state index is 4.64. The van der Waals surface area contributed by atoms with Gasteiger partial charge in [-0.25, -0.2) is 0 Å². The third-order valence-electron chi connectivity index (χ3n) is 4.16. The quantitative estimate of drug-likeness (QED) is 0.433. The lowest BCUT2D eigenvalue weighted by molar-refractivity contribution is 1.02. The highest BCUT2D eigenvalue weighted by atomic mass is 15.0. The van der Waals surface area contributed by atoms with E-state index in [2.05, 4.69) is 95.5 Å². The summed E-state index contributed by atoms with van der Waals surface area (Å²) in [7, 11) is 0. The van der Waals surface area contributed by atoms with Crippen molar-refractivity contribution in [2.75, 3.05) is 0 Å². The third-order valence-corrected chi connectivity index (χ3v) is 4.16. The summed E-state index contributed by atoms with van der Waals surface area (Å²) in [4.78, 5) is 4.64. The monoisotopic (exact) mass is 310 g/mol. The van der Waals surface area contributed by atoms with Crippen LogP contribution < -0.4 is 0 Å². The number of fused-ring (bicyclic) bond motifs is 1. The molecule has 0 N–H and O–H groups in total. The standard InChI is InChI=1S/C22H18N2/c1-17-13-18(16-24(17)22-9-3-2-4-10-22)15-23-21-12-11-19-7-5-6-8-20(19)14-21/h2-16H,1H3. The minimum Gasteiger partial charge on any atom is -0.321 e. The predicted molar refractivity (Wildman–Crippen MR) is 102 cm³/mol. The van der Waals surface area contributed by atoms with Crippen LogP contribution in [0.3, 0.4) is 0 Å². The van der Waals surface area contributed by atoms with Gasteiger partial charge in [0.15, 0.2) is 0 Å². The first-order valence-electron chi connectivity index (χ1n) is 8.07.